The van der Waals surface area contributed by atoms with Crippen molar-refractivity contribution < 1.29 is 27.5 Å². The average Bonchev–Trinajstić information content (AvgIpc) is 2.15. The molecule has 80 valence electrons. The third-order valence-corrected chi connectivity index (χ3v) is 1.49. The molecule has 1 rings (SSSR count). The van der Waals surface area contributed by atoms with Crippen molar-refractivity contribution in [1.82, 2.24) is 0 Å². The van der Waals surface area contributed by atoms with Crippen LogP contribution in [0.2, 0.25) is 0 Å². The van der Waals surface area contributed by atoms with Crippen LogP contribution in [0.15, 0.2) is 24.3 Å². The maximum absolute atomic E-state index is 11.6. The molecule has 1 aromatic rings. The molecule has 0 aromatic heterocycles. The number of benzene rings is 1. The van der Waals surface area contributed by atoms with E-state index in [1.54, 1.807) is 0 Å². The SMILES string of the molecule is O=Cc1ccc(C(=O)OC(F)(F)F)cc1. The molecule has 0 bridgehead atoms. The lowest BCUT2D eigenvalue weighted by molar-refractivity contribution is -0.291. The van der Waals surface area contributed by atoms with Gasteiger partial charge in [-0.2, -0.15) is 0 Å². The van der Waals surface area contributed by atoms with Gasteiger partial charge in [-0.15, -0.1) is 13.2 Å². The van der Waals surface area contributed by atoms with Crippen LogP contribution >= 0.6 is 0 Å². The van der Waals surface area contributed by atoms with Gasteiger partial charge in [-0.1, -0.05) is 12.1 Å². The van der Waals surface area contributed by atoms with Gasteiger partial charge in [0.25, 0.3) is 0 Å². The number of rotatable bonds is 2. The summed E-state index contributed by atoms with van der Waals surface area (Å²) in [7, 11) is 0. The number of alkyl halides is 3. The number of ether oxygens (including phenoxy) is 1. The van der Waals surface area contributed by atoms with Gasteiger partial charge in [-0.3, -0.25) is 4.79 Å². The minimum atomic E-state index is -5.00. The highest BCUT2D eigenvalue weighted by atomic mass is 19.4. The molecule has 0 fully saturated rings. The van der Waals surface area contributed by atoms with Crippen molar-refractivity contribution in [3.05, 3.63) is 35.4 Å². The van der Waals surface area contributed by atoms with Crippen LogP contribution < -0.4 is 0 Å². The second kappa shape index (κ2) is 4.12. The number of carbonyl (C=O) groups is 2. The van der Waals surface area contributed by atoms with Gasteiger partial charge in [0.2, 0.25) is 0 Å². The highest BCUT2D eigenvalue weighted by molar-refractivity contribution is 5.90. The predicted octanol–water partition coefficient (Wildman–Crippen LogP) is 2.18. The van der Waals surface area contributed by atoms with Gasteiger partial charge in [0.05, 0.1) is 5.56 Å². The summed E-state index contributed by atoms with van der Waals surface area (Å²) < 4.78 is 38.1. The van der Waals surface area contributed by atoms with E-state index in [0.717, 1.165) is 12.1 Å². The van der Waals surface area contributed by atoms with Crippen molar-refractivity contribution in [3.63, 3.8) is 0 Å². The number of halogens is 3. The molecule has 0 heterocycles. The largest absolute Gasteiger partial charge is 0.575 e. The molecule has 0 saturated heterocycles. The number of aldehydes is 1. The molecule has 0 aliphatic heterocycles. The molecular formula is C9H5F3O3. The summed E-state index contributed by atoms with van der Waals surface area (Å²) in [6.07, 6.45) is -4.49. The van der Waals surface area contributed by atoms with Crippen LogP contribution in [-0.4, -0.2) is 18.6 Å². The van der Waals surface area contributed by atoms with Crippen LogP contribution in [0.25, 0.3) is 0 Å². The normalized spacial score (nSPS) is 10.9. The van der Waals surface area contributed by atoms with Crippen LogP contribution in [0.5, 0.6) is 0 Å². The number of carbonyl (C=O) groups excluding carboxylic acids is 2. The van der Waals surface area contributed by atoms with Crippen LogP contribution in [-0.2, 0) is 4.74 Å². The predicted molar refractivity (Wildman–Crippen MR) is 43.3 cm³/mol. The van der Waals surface area contributed by atoms with Crippen molar-refractivity contribution in [2.75, 3.05) is 0 Å². The Kier molecular flexibility index (Phi) is 3.08. The molecule has 1 aromatic carbocycles. The standard InChI is InChI=1S/C9H5F3O3/c10-9(11,12)15-8(14)7-3-1-6(5-13)2-4-7/h1-5H. The van der Waals surface area contributed by atoms with E-state index < -0.39 is 12.3 Å². The topological polar surface area (TPSA) is 43.4 Å². The lowest BCUT2D eigenvalue weighted by Gasteiger charge is -2.06. The van der Waals surface area contributed by atoms with Crippen LogP contribution in [0, 0.1) is 0 Å². The molecule has 0 radical (unpaired) electrons. The quantitative estimate of drug-likeness (QED) is 0.564. The molecule has 0 aliphatic rings. The van der Waals surface area contributed by atoms with Crippen molar-refractivity contribution in [1.29, 1.82) is 0 Å². The summed E-state index contributed by atoms with van der Waals surface area (Å²) in [4.78, 5) is 21.0. The van der Waals surface area contributed by atoms with Gasteiger partial charge in [0.15, 0.2) is 0 Å². The first-order valence-corrected chi connectivity index (χ1v) is 3.78. The fourth-order valence-electron chi connectivity index (χ4n) is 0.862. The van der Waals surface area contributed by atoms with Gasteiger partial charge in [-0.05, 0) is 12.1 Å². The highest BCUT2D eigenvalue weighted by Gasteiger charge is 2.34. The van der Waals surface area contributed by atoms with Gasteiger partial charge in [0.1, 0.15) is 6.29 Å². The molecule has 0 unspecified atom stereocenters. The Labute approximate surface area is 82.5 Å². The van der Waals surface area contributed by atoms with E-state index >= 15 is 0 Å². The van der Waals surface area contributed by atoms with Crippen LogP contribution in [0.1, 0.15) is 20.7 Å². The monoisotopic (exact) mass is 218 g/mol. The molecule has 0 saturated carbocycles. The molecule has 0 N–H and O–H groups in total. The van der Waals surface area contributed by atoms with Crippen LogP contribution in [0.3, 0.4) is 0 Å². The molecule has 3 nitrogen and oxygen atoms in total. The Morgan fingerprint density at radius 2 is 1.73 bits per heavy atom. The Bertz CT molecular complexity index is 367. The van der Waals surface area contributed by atoms with Gasteiger partial charge >= 0.3 is 12.3 Å². The van der Waals surface area contributed by atoms with E-state index in [4.69, 9.17) is 0 Å². The van der Waals surface area contributed by atoms with E-state index in [1.165, 1.54) is 12.1 Å². The average molecular weight is 218 g/mol. The van der Waals surface area contributed by atoms with Crippen molar-refractivity contribution in [3.8, 4) is 0 Å². The number of esters is 1. The first kappa shape index (κ1) is 11.2. The van der Waals surface area contributed by atoms with Crippen LogP contribution in [0.4, 0.5) is 13.2 Å². The van der Waals surface area contributed by atoms with Gasteiger partial charge < -0.3 is 4.74 Å². The Balaban J connectivity index is 2.79. The van der Waals surface area contributed by atoms with Gasteiger partial charge in [-0.25, -0.2) is 4.79 Å². The van der Waals surface area contributed by atoms with Gasteiger partial charge in [0, 0.05) is 5.56 Å². The molecule has 0 atom stereocenters. The fraction of sp³-hybridized carbons (Fsp3) is 0.111. The number of hydrogen-bond acceptors (Lipinski definition) is 3. The minimum Gasteiger partial charge on any atom is -0.369 e. The maximum atomic E-state index is 11.6. The Morgan fingerprint density at radius 3 is 2.13 bits per heavy atom. The summed E-state index contributed by atoms with van der Waals surface area (Å²) in [5.74, 6) is -1.50. The summed E-state index contributed by atoms with van der Waals surface area (Å²) in [5.41, 5.74) is -0.00326. The fourth-order valence-corrected chi connectivity index (χ4v) is 0.862. The third kappa shape index (κ3) is 3.41. The van der Waals surface area contributed by atoms with E-state index in [0.29, 0.717) is 6.29 Å². The van der Waals surface area contributed by atoms with E-state index in [-0.39, 0.29) is 11.1 Å². The second-order valence-electron chi connectivity index (χ2n) is 2.58. The lowest BCUT2D eigenvalue weighted by Crippen LogP contribution is -2.19. The minimum absolute atomic E-state index is 0.263. The second-order valence-corrected chi connectivity index (χ2v) is 2.58. The maximum Gasteiger partial charge on any atom is 0.575 e. The zero-order valence-corrected chi connectivity index (χ0v) is 7.25. The van der Waals surface area contributed by atoms with E-state index in [2.05, 4.69) is 4.74 Å². The van der Waals surface area contributed by atoms with E-state index in [1.807, 2.05) is 0 Å². The summed E-state index contributed by atoms with van der Waals surface area (Å²) in [6, 6.07) is 4.61. The molecule has 6 heteroatoms. The highest BCUT2D eigenvalue weighted by Crippen LogP contribution is 2.18. The number of hydrogen-bond donors (Lipinski definition) is 0. The molecule has 15 heavy (non-hydrogen) atoms. The third-order valence-electron chi connectivity index (χ3n) is 1.49. The Hall–Kier alpha value is -1.85. The van der Waals surface area contributed by atoms with E-state index in [9.17, 15) is 22.8 Å². The molecule has 0 spiro atoms. The smallest absolute Gasteiger partial charge is 0.369 e. The summed E-state index contributed by atoms with van der Waals surface area (Å²) in [5, 5.41) is 0. The molecule has 0 aliphatic carbocycles. The van der Waals surface area contributed by atoms with Crippen molar-refractivity contribution in [2.24, 2.45) is 0 Å². The summed E-state index contributed by atoms with van der Waals surface area (Å²) >= 11 is 0. The lowest BCUT2D eigenvalue weighted by atomic mass is 10.1. The summed E-state index contributed by atoms with van der Waals surface area (Å²) in [6.45, 7) is 0. The molecular weight excluding hydrogens is 213 g/mol. The zero-order chi connectivity index (χ0) is 11.5. The Morgan fingerprint density at radius 1 is 1.20 bits per heavy atom. The van der Waals surface area contributed by atoms with Crippen molar-refractivity contribution in [2.45, 2.75) is 6.36 Å². The first-order valence-electron chi connectivity index (χ1n) is 3.78. The van der Waals surface area contributed by atoms with Crippen molar-refractivity contribution >= 4 is 12.3 Å². The zero-order valence-electron chi connectivity index (χ0n) is 7.25. The molecule has 0 amide bonds. The first-order chi connectivity index (χ1) is 6.92.